The molecule has 6 heteroatoms. The van der Waals surface area contributed by atoms with Gasteiger partial charge in [0.25, 0.3) is 0 Å². The Bertz CT molecular complexity index is 916. The van der Waals surface area contributed by atoms with E-state index < -0.39 is 6.10 Å². The van der Waals surface area contributed by atoms with Gasteiger partial charge in [-0.3, -0.25) is 14.4 Å². The van der Waals surface area contributed by atoms with Gasteiger partial charge in [-0.1, -0.05) is 259 Å². The average molecular weight is 849 g/mol. The molecule has 0 saturated carbocycles. The maximum Gasteiger partial charge on any atom is 0.306 e. The lowest BCUT2D eigenvalue weighted by atomic mass is 10.0. The van der Waals surface area contributed by atoms with Crippen molar-refractivity contribution in [1.29, 1.82) is 0 Å². The van der Waals surface area contributed by atoms with Crippen LogP contribution in [0.2, 0.25) is 0 Å². The van der Waals surface area contributed by atoms with Crippen LogP contribution in [-0.4, -0.2) is 37.2 Å². The van der Waals surface area contributed by atoms with Crippen molar-refractivity contribution in [3.8, 4) is 0 Å². The van der Waals surface area contributed by atoms with Crippen molar-refractivity contribution >= 4 is 17.9 Å². The summed E-state index contributed by atoms with van der Waals surface area (Å²) in [6.45, 7) is 11.3. The van der Waals surface area contributed by atoms with Crippen LogP contribution in [0.25, 0.3) is 0 Å². The van der Waals surface area contributed by atoms with Crippen molar-refractivity contribution in [3.63, 3.8) is 0 Å². The summed E-state index contributed by atoms with van der Waals surface area (Å²) in [7, 11) is 0. The highest BCUT2D eigenvalue weighted by molar-refractivity contribution is 5.71. The van der Waals surface area contributed by atoms with E-state index in [4.69, 9.17) is 14.2 Å². The number of carbonyl (C=O) groups excluding carboxylic acids is 3. The first kappa shape index (κ1) is 58.4. The zero-order valence-electron chi connectivity index (χ0n) is 41.1. The van der Waals surface area contributed by atoms with Crippen LogP contribution in [0.3, 0.4) is 0 Å². The van der Waals surface area contributed by atoms with E-state index in [9.17, 15) is 14.4 Å². The second-order valence-electron chi connectivity index (χ2n) is 19.5. The van der Waals surface area contributed by atoms with Crippen molar-refractivity contribution in [2.45, 2.75) is 304 Å². The zero-order valence-corrected chi connectivity index (χ0v) is 41.1. The van der Waals surface area contributed by atoms with E-state index in [1.54, 1.807) is 0 Å². The van der Waals surface area contributed by atoms with E-state index in [0.717, 1.165) is 69.6 Å². The lowest BCUT2D eigenvalue weighted by molar-refractivity contribution is -0.167. The lowest BCUT2D eigenvalue weighted by Gasteiger charge is -2.18. The van der Waals surface area contributed by atoms with E-state index in [1.165, 1.54) is 186 Å². The fourth-order valence-electron chi connectivity index (χ4n) is 8.17. The van der Waals surface area contributed by atoms with Gasteiger partial charge in [0, 0.05) is 19.3 Å². The normalized spacial score (nSPS) is 12.1. The Morgan fingerprint density at radius 1 is 0.317 bits per heavy atom. The maximum absolute atomic E-state index is 12.8. The standard InChI is InChI=1S/C54H104O6/c1-6-7-8-9-10-11-12-13-14-15-16-17-18-19-20-25-30-36-41-46-54(57)60-51(48-59-53(56)45-40-35-31-26-28-33-38-43-50(4)5)47-58-52(55)44-39-34-29-24-22-21-23-27-32-37-42-49(2)3/h49-51H,6-48H2,1-5H3/t51-/m0/s1. The summed E-state index contributed by atoms with van der Waals surface area (Å²) in [6, 6.07) is 0. The molecule has 0 amide bonds. The molecule has 0 aliphatic carbocycles. The van der Waals surface area contributed by atoms with Gasteiger partial charge in [0.15, 0.2) is 6.10 Å². The summed E-state index contributed by atoms with van der Waals surface area (Å²) >= 11 is 0. The Morgan fingerprint density at radius 3 is 0.817 bits per heavy atom. The summed E-state index contributed by atoms with van der Waals surface area (Å²) in [5, 5.41) is 0. The molecule has 1 atom stereocenters. The lowest BCUT2D eigenvalue weighted by Crippen LogP contribution is -2.30. The van der Waals surface area contributed by atoms with Crippen LogP contribution in [0.5, 0.6) is 0 Å². The van der Waals surface area contributed by atoms with Crippen molar-refractivity contribution in [1.82, 2.24) is 0 Å². The summed E-state index contributed by atoms with van der Waals surface area (Å²) < 4.78 is 16.8. The predicted molar refractivity (Wildman–Crippen MR) is 256 cm³/mol. The van der Waals surface area contributed by atoms with Gasteiger partial charge in [0.2, 0.25) is 0 Å². The maximum atomic E-state index is 12.8. The van der Waals surface area contributed by atoms with Gasteiger partial charge in [-0.25, -0.2) is 0 Å². The Hall–Kier alpha value is -1.59. The Kier molecular flexibility index (Phi) is 45.7. The van der Waals surface area contributed by atoms with Gasteiger partial charge in [0.1, 0.15) is 13.2 Å². The number of carbonyl (C=O) groups is 3. The first-order valence-corrected chi connectivity index (χ1v) is 26.7. The fourth-order valence-corrected chi connectivity index (χ4v) is 8.17. The largest absolute Gasteiger partial charge is 0.462 e. The smallest absolute Gasteiger partial charge is 0.306 e. The fraction of sp³-hybridized carbons (Fsp3) is 0.944. The van der Waals surface area contributed by atoms with Gasteiger partial charge < -0.3 is 14.2 Å². The van der Waals surface area contributed by atoms with Crippen molar-refractivity contribution in [2.75, 3.05) is 13.2 Å². The summed E-state index contributed by atoms with van der Waals surface area (Å²) in [4.78, 5) is 37.9. The molecule has 0 heterocycles. The molecule has 60 heavy (non-hydrogen) atoms. The topological polar surface area (TPSA) is 78.9 Å². The minimum atomic E-state index is -0.762. The van der Waals surface area contributed by atoms with E-state index in [-0.39, 0.29) is 31.1 Å². The van der Waals surface area contributed by atoms with Crippen LogP contribution >= 0.6 is 0 Å². The van der Waals surface area contributed by atoms with Crippen LogP contribution < -0.4 is 0 Å². The Balaban J connectivity index is 4.25. The minimum absolute atomic E-state index is 0.0645. The average Bonchev–Trinajstić information content (AvgIpc) is 3.22. The van der Waals surface area contributed by atoms with Gasteiger partial charge in [-0.05, 0) is 31.1 Å². The third-order valence-corrected chi connectivity index (χ3v) is 12.2. The molecule has 0 unspecified atom stereocenters. The molecule has 0 aliphatic rings. The van der Waals surface area contributed by atoms with Crippen LogP contribution in [0.4, 0.5) is 0 Å². The number of rotatable bonds is 48. The summed E-state index contributed by atoms with van der Waals surface area (Å²) in [5.74, 6) is 0.750. The quantitative estimate of drug-likeness (QED) is 0.0345. The van der Waals surface area contributed by atoms with Crippen LogP contribution in [-0.2, 0) is 28.6 Å². The molecule has 0 aromatic rings. The number of esters is 3. The van der Waals surface area contributed by atoms with E-state index >= 15 is 0 Å². The molecule has 0 aromatic heterocycles. The second-order valence-corrected chi connectivity index (χ2v) is 19.5. The SMILES string of the molecule is CCCCCCCCCCCCCCCCCCCCCC(=O)O[C@@H](COC(=O)CCCCCCCCCCCCC(C)C)COC(=O)CCCCCCCCCC(C)C. The summed E-state index contributed by atoms with van der Waals surface area (Å²) in [6.07, 6.45) is 48.2. The van der Waals surface area contributed by atoms with Crippen LogP contribution in [0.15, 0.2) is 0 Å². The monoisotopic (exact) mass is 849 g/mol. The van der Waals surface area contributed by atoms with Crippen molar-refractivity contribution in [2.24, 2.45) is 11.8 Å². The molecule has 0 aromatic carbocycles. The molecule has 0 N–H and O–H groups in total. The molecule has 0 rings (SSSR count). The van der Waals surface area contributed by atoms with E-state index in [0.29, 0.717) is 19.3 Å². The molecule has 0 spiro atoms. The zero-order chi connectivity index (χ0) is 44.0. The number of unbranched alkanes of at least 4 members (excludes halogenated alkanes) is 33. The van der Waals surface area contributed by atoms with Crippen LogP contribution in [0.1, 0.15) is 298 Å². The molecule has 0 radical (unpaired) electrons. The molecule has 6 nitrogen and oxygen atoms in total. The molecule has 0 aliphatic heterocycles. The Morgan fingerprint density at radius 2 is 0.550 bits per heavy atom. The van der Waals surface area contributed by atoms with Gasteiger partial charge in [-0.2, -0.15) is 0 Å². The molecule has 0 fully saturated rings. The second kappa shape index (κ2) is 46.9. The third kappa shape index (κ3) is 47.5. The van der Waals surface area contributed by atoms with Gasteiger partial charge in [0.05, 0.1) is 0 Å². The highest BCUT2D eigenvalue weighted by Crippen LogP contribution is 2.17. The number of hydrogen-bond acceptors (Lipinski definition) is 6. The highest BCUT2D eigenvalue weighted by atomic mass is 16.6. The summed E-state index contributed by atoms with van der Waals surface area (Å²) in [5.41, 5.74) is 0. The van der Waals surface area contributed by atoms with Crippen molar-refractivity contribution < 1.29 is 28.6 Å². The van der Waals surface area contributed by atoms with Crippen LogP contribution in [0, 0.1) is 11.8 Å². The number of ether oxygens (including phenoxy) is 3. The van der Waals surface area contributed by atoms with Gasteiger partial charge in [-0.15, -0.1) is 0 Å². The third-order valence-electron chi connectivity index (χ3n) is 12.2. The van der Waals surface area contributed by atoms with Gasteiger partial charge >= 0.3 is 17.9 Å². The van der Waals surface area contributed by atoms with E-state index in [2.05, 4.69) is 34.6 Å². The molecular weight excluding hydrogens is 745 g/mol. The van der Waals surface area contributed by atoms with E-state index in [1.807, 2.05) is 0 Å². The first-order valence-electron chi connectivity index (χ1n) is 26.7. The predicted octanol–water partition coefficient (Wildman–Crippen LogP) is 17.3. The Labute approximate surface area is 374 Å². The number of hydrogen-bond donors (Lipinski definition) is 0. The van der Waals surface area contributed by atoms with Crippen molar-refractivity contribution in [3.05, 3.63) is 0 Å². The molecule has 0 saturated heterocycles. The minimum Gasteiger partial charge on any atom is -0.462 e. The highest BCUT2D eigenvalue weighted by Gasteiger charge is 2.19. The first-order chi connectivity index (χ1) is 29.2. The molecule has 0 bridgehead atoms. The molecular formula is C54H104O6. The molecule has 356 valence electrons.